The molecule has 1 aromatic carbocycles. The van der Waals surface area contributed by atoms with Crippen LogP contribution in [-0.2, 0) is 11.2 Å². The van der Waals surface area contributed by atoms with E-state index in [0.29, 0.717) is 18.7 Å². The van der Waals surface area contributed by atoms with Gasteiger partial charge in [0.1, 0.15) is 5.75 Å². The maximum Gasteiger partial charge on any atom is 0.321 e. The van der Waals surface area contributed by atoms with E-state index < -0.39 is 18.0 Å². The maximum atomic E-state index is 11.7. The molecular formula is C14H20N2O4. The molecule has 0 aliphatic carbocycles. The van der Waals surface area contributed by atoms with Crippen molar-refractivity contribution in [1.82, 2.24) is 10.6 Å². The van der Waals surface area contributed by atoms with E-state index in [1.807, 2.05) is 12.1 Å². The first-order chi connectivity index (χ1) is 9.56. The van der Waals surface area contributed by atoms with E-state index in [0.717, 1.165) is 5.56 Å². The minimum Gasteiger partial charge on any atom is -0.481 e. The highest BCUT2D eigenvalue weighted by Crippen LogP contribution is 2.14. The van der Waals surface area contributed by atoms with Gasteiger partial charge in [-0.25, -0.2) is 4.79 Å². The van der Waals surface area contributed by atoms with Gasteiger partial charge in [-0.2, -0.15) is 0 Å². The van der Waals surface area contributed by atoms with Crippen molar-refractivity contribution in [2.75, 3.05) is 13.2 Å². The first-order valence-corrected chi connectivity index (χ1v) is 6.52. The van der Waals surface area contributed by atoms with Crippen LogP contribution < -0.4 is 15.4 Å². The van der Waals surface area contributed by atoms with E-state index in [4.69, 9.17) is 9.84 Å². The molecule has 20 heavy (non-hydrogen) atoms. The number of carbonyl (C=O) groups excluding carboxylic acids is 2. The molecule has 0 spiro atoms. The Morgan fingerprint density at radius 3 is 2.50 bits per heavy atom. The number of hydrogen-bond acceptors (Lipinski definition) is 4. The molecule has 0 aliphatic heterocycles. The SMILES string of the molecule is CCNC(=O)NC(=O)C(C)Oc1ccc(CCO)cc1. The summed E-state index contributed by atoms with van der Waals surface area (Å²) in [6, 6.07) is 6.55. The molecule has 6 nitrogen and oxygen atoms in total. The fraction of sp³-hybridized carbons (Fsp3) is 0.429. The fourth-order valence-corrected chi connectivity index (χ4v) is 1.54. The summed E-state index contributed by atoms with van der Waals surface area (Å²) in [4.78, 5) is 22.9. The van der Waals surface area contributed by atoms with Gasteiger partial charge in [-0.15, -0.1) is 0 Å². The maximum absolute atomic E-state index is 11.7. The predicted octanol–water partition coefficient (Wildman–Crippen LogP) is 0.834. The molecular weight excluding hydrogens is 260 g/mol. The third kappa shape index (κ3) is 5.27. The number of rotatable bonds is 6. The third-order valence-electron chi connectivity index (χ3n) is 2.58. The normalized spacial score (nSPS) is 11.6. The number of urea groups is 1. The summed E-state index contributed by atoms with van der Waals surface area (Å²) in [6.45, 7) is 3.86. The van der Waals surface area contributed by atoms with Crippen LogP contribution in [0.5, 0.6) is 5.75 Å². The lowest BCUT2D eigenvalue weighted by atomic mass is 10.1. The van der Waals surface area contributed by atoms with Crippen molar-refractivity contribution >= 4 is 11.9 Å². The van der Waals surface area contributed by atoms with Crippen molar-refractivity contribution < 1.29 is 19.4 Å². The number of nitrogens with one attached hydrogen (secondary N) is 2. The van der Waals surface area contributed by atoms with Crippen molar-refractivity contribution in [2.24, 2.45) is 0 Å². The molecule has 0 aliphatic rings. The summed E-state index contributed by atoms with van der Waals surface area (Å²) in [5, 5.41) is 13.5. The lowest BCUT2D eigenvalue weighted by Crippen LogP contribution is -2.45. The lowest BCUT2D eigenvalue weighted by Gasteiger charge is -2.14. The minimum atomic E-state index is -0.777. The van der Waals surface area contributed by atoms with Crippen LogP contribution in [0.15, 0.2) is 24.3 Å². The second-order valence-electron chi connectivity index (χ2n) is 4.23. The zero-order chi connectivity index (χ0) is 15.0. The molecule has 3 N–H and O–H groups in total. The molecule has 0 aromatic heterocycles. The zero-order valence-corrected chi connectivity index (χ0v) is 11.7. The fourth-order valence-electron chi connectivity index (χ4n) is 1.54. The number of amides is 3. The first kappa shape index (κ1) is 16.0. The molecule has 0 radical (unpaired) electrons. The van der Waals surface area contributed by atoms with Gasteiger partial charge in [0.2, 0.25) is 0 Å². The van der Waals surface area contributed by atoms with Gasteiger partial charge in [-0.1, -0.05) is 12.1 Å². The Bertz CT molecular complexity index is 445. The summed E-state index contributed by atoms with van der Waals surface area (Å²) in [5.74, 6) is 0.0284. The molecule has 1 unspecified atom stereocenters. The molecule has 6 heteroatoms. The number of carbonyl (C=O) groups is 2. The molecule has 3 amide bonds. The number of aliphatic hydroxyl groups excluding tert-OH is 1. The zero-order valence-electron chi connectivity index (χ0n) is 11.7. The van der Waals surface area contributed by atoms with Gasteiger partial charge in [-0.3, -0.25) is 10.1 Å². The summed E-state index contributed by atoms with van der Waals surface area (Å²) in [5.41, 5.74) is 0.985. The molecule has 110 valence electrons. The Balaban J connectivity index is 2.50. The predicted molar refractivity (Wildman–Crippen MR) is 74.5 cm³/mol. The van der Waals surface area contributed by atoms with Gasteiger partial charge in [0.05, 0.1) is 0 Å². The van der Waals surface area contributed by atoms with E-state index in [-0.39, 0.29) is 6.61 Å². The van der Waals surface area contributed by atoms with E-state index in [9.17, 15) is 9.59 Å². The quantitative estimate of drug-likeness (QED) is 0.720. The Morgan fingerprint density at radius 2 is 1.95 bits per heavy atom. The van der Waals surface area contributed by atoms with E-state index >= 15 is 0 Å². The van der Waals surface area contributed by atoms with Crippen LogP contribution in [-0.4, -0.2) is 36.3 Å². The van der Waals surface area contributed by atoms with Gasteiger partial charge < -0.3 is 15.2 Å². The monoisotopic (exact) mass is 280 g/mol. The van der Waals surface area contributed by atoms with Crippen LogP contribution in [0, 0.1) is 0 Å². The molecule has 0 heterocycles. The van der Waals surface area contributed by atoms with Gasteiger partial charge >= 0.3 is 6.03 Å². The number of aliphatic hydroxyl groups is 1. The summed E-state index contributed by atoms with van der Waals surface area (Å²) < 4.78 is 5.43. The van der Waals surface area contributed by atoms with Crippen molar-refractivity contribution in [3.05, 3.63) is 29.8 Å². The van der Waals surface area contributed by atoms with Gasteiger partial charge in [0.25, 0.3) is 5.91 Å². The van der Waals surface area contributed by atoms with Crippen LogP contribution in [0.2, 0.25) is 0 Å². The second kappa shape index (κ2) is 8.16. The highest BCUT2D eigenvalue weighted by Gasteiger charge is 2.16. The van der Waals surface area contributed by atoms with E-state index in [1.54, 1.807) is 26.0 Å². The topological polar surface area (TPSA) is 87.7 Å². The van der Waals surface area contributed by atoms with E-state index in [2.05, 4.69) is 10.6 Å². The van der Waals surface area contributed by atoms with Crippen LogP contribution in [0.25, 0.3) is 0 Å². The number of ether oxygens (including phenoxy) is 1. The van der Waals surface area contributed by atoms with Gasteiger partial charge in [-0.05, 0) is 38.0 Å². The molecule has 0 saturated heterocycles. The van der Waals surface area contributed by atoms with Crippen molar-refractivity contribution in [2.45, 2.75) is 26.4 Å². The van der Waals surface area contributed by atoms with Crippen LogP contribution >= 0.6 is 0 Å². The second-order valence-corrected chi connectivity index (χ2v) is 4.23. The summed E-state index contributed by atoms with van der Waals surface area (Å²) in [7, 11) is 0. The molecule has 0 bridgehead atoms. The first-order valence-electron chi connectivity index (χ1n) is 6.52. The Hall–Kier alpha value is -2.08. The summed E-state index contributed by atoms with van der Waals surface area (Å²) >= 11 is 0. The molecule has 0 fully saturated rings. The number of hydrogen-bond donors (Lipinski definition) is 3. The Labute approximate surface area is 118 Å². The van der Waals surface area contributed by atoms with E-state index in [1.165, 1.54) is 0 Å². The molecule has 0 saturated carbocycles. The van der Waals surface area contributed by atoms with Crippen LogP contribution in [0.1, 0.15) is 19.4 Å². The highest BCUT2D eigenvalue weighted by atomic mass is 16.5. The minimum absolute atomic E-state index is 0.0888. The van der Waals surface area contributed by atoms with Crippen molar-refractivity contribution in [3.8, 4) is 5.75 Å². The summed E-state index contributed by atoms with van der Waals surface area (Å²) in [6.07, 6.45) is -0.200. The van der Waals surface area contributed by atoms with Crippen LogP contribution in [0.4, 0.5) is 4.79 Å². The van der Waals surface area contributed by atoms with Crippen molar-refractivity contribution in [1.29, 1.82) is 0 Å². The largest absolute Gasteiger partial charge is 0.481 e. The Morgan fingerprint density at radius 1 is 1.30 bits per heavy atom. The molecule has 1 aromatic rings. The Kier molecular flexibility index (Phi) is 6.52. The third-order valence-corrected chi connectivity index (χ3v) is 2.58. The van der Waals surface area contributed by atoms with Gasteiger partial charge in [0, 0.05) is 13.2 Å². The van der Waals surface area contributed by atoms with Gasteiger partial charge in [0.15, 0.2) is 6.10 Å². The average molecular weight is 280 g/mol. The smallest absolute Gasteiger partial charge is 0.321 e. The number of benzene rings is 1. The highest BCUT2D eigenvalue weighted by molar-refractivity contribution is 5.96. The molecule has 1 atom stereocenters. The van der Waals surface area contributed by atoms with Crippen LogP contribution in [0.3, 0.4) is 0 Å². The number of imide groups is 1. The standard InChI is InChI=1S/C14H20N2O4/c1-3-15-14(19)16-13(18)10(2)20-12-6-4-11(5-7-12)8-9-17/h4-7,10,17H,3,8-9H2,1-2H3,(H2,15,16,18,19). The average Bonchev–Trinajstić information content (AvgIpc) is 2.41. The molecule has 1 rings (SSSR count). The van der Waals surface area contributed by atoms with Crippen molar-refractivity contribution in [3.63, 3.8) is 0 Å². The lowest BCUT2D eigenvalue weighted by molar-refractivity contribution is -0.126.